The fraction of sp³-hybridized carbons (Fsp3) is 0.333. The highest BCUT2D eigenvalue weighted by molar-refractivity contribution is 7.98. The number of nitrogens with zero attached hydrogens (tertiary/aromatic N) is 2. The Kier molecular flexibility index (Phi) is 3.62. The van der Waals surface area contributed by atoms with Crippen molar-refractivity contribution in [3.8, 4) is 0 Å². The molecule has 3 nitrogen and oxygen atoms in total. The van der Waals surface area contributed by atoms with Crippen LogP contribution in [0, 0.1) is 0 Å². The zero-order chi connectivity index (χ0) is 11.4. The van der Waals surface area contributed by atoms with Crippen LogP contribution in [0.15, 0.2) is 35.7 Å². The summed E-state index contributed by atoms with van der Waals surface area (Å²) in [7, 11) is 0. The monoisotopic (exact) mass is 233 g/mol. The van der Waals surface area contributed by atoms with E-state index < -0.39 is 0 Å². The van der Waals surface area contributed by atoms with E-state index in [2.05, 4.69) is 53.3 Å². The molecule has 1 aromatic heterocycles. The van der Waals surface area contributed by atoms with Crippen molar-refractivity contribution in [1.29, 1.82) is 0 Å². The first-order valence-electron chi connectivity index (χ1n) is 5.32. The molecular formula is C12H15N3S. The highest BCUT2D eigenvalue weighted by Gasteiger charge is 2.01. The maximum atomic E-state index is 4.07. The van der Waals surface area contributed by atoms with E-state index in [4.69, 9.17) is 0 Å². The molecule has 0 aliphatic carbocycles. The zero-order valence-electron chi connectivity index (χ0n) is 9.47. The summed E-state index contributed by atoms with van der Waals surface area (Å²) in [6, 6.07) is 8.75. The van der Waals surface area contributed by atoms with Gasteiger partial charge in [-0.1, -0.05) is 49.9 Å². The van der Waals surface area contributed by atoms with Crippen molar-refractivity contribution in [2.75, 3.05) is 0 Å². The molecule has 1 N–H and O–H groups in total. The third-order valence-corrected chi connectivity index (χ3v) is 3.36. The van der Waals surface area contributed by atoms with Gasteiger partial charge in [0.15, 0.2) is 5.16 Å². The molecule has 0 atom stereocenters. The minimum absolute atomic E-state index is 0.593. The highest BCUT2D eigenvalue weighted by atomic mass is 32.2. The standard InChI is InChI=1S/C12H15N3S/c1-9(2)11-5-3-10(4-6-11)7-16-12-13-8-14-15-12/h3-6,8-9H,7H2,1-2H3,(H,13,14,15). The largest absolute Gasteiger partial charge is 0.254 e. The lowest BCUT2D eigenvalue weighted by atomic mass is 10.0. The van der Waals surface area contributed by atoms with Gasteiger partial charge in [-0.25, -0.2) is 4.98 Å². The number of H-pyrrole nitrogens is 1. The van der Waals surface area contributed by atoms with Gasteiger partial charge in [-0.2, -0.15) is 5.10 Å². The smallest absolute Gasteiger partial charge is 0.183 e. The number of nitrogens with one attached hydrogen (secondary N) is 1. The summed E-state index contributed by atoms with van der Waals surface area (Å²) in [5.74, 6) is 1.52. The average molecular weight is 233 g/mol. The Balaban J connectivity index is 1.95. The second-order valence-corrected chi connectivity index (χ2v) is 4.94. The van der Waals surface area contributed by atoms with Gasteiger partial charge in [0.25, 0.3) is 0 Å². The fourth-order valence-electron chi connectivity index (χ4n) is 1.41. The SMILES string of the molecule is CC(C)c1ccc(CSc2ncn[nH]2)cc1. The second-order valence-electron chi connectivity index (χ2n) is 3.98. The zero-order valence-corrected chi connectivity index (χ0v) is 10.3. The molecule has 84 valence electrons. The summed E-state index contributed by atoms with van der Waals surface area (Å²) in [5, 5.41) is 7.52. The number of rotatable bonds is 4. The van der Waals surface area contributed by atoms with Gasteiger partial charge in [0.2, 0.25) is 0 Å². The van der Waals surface area contributed by atoms with Gasteiger partial charge in [0, 0.05) is 5.75 Å². The molecule has 0 unspecified atom stereocenters. The Morgan fingerprint density at radius 2 is 2.00 bits per heavy atom. The molecule has 0 amide bonds. The normalized spacial score (nSPS) is 10.9. The van der Waals surface area contributed by atoms with Crippen LogP contribution in [0.2, 0.25) is 0 Å². The summed E-state index contributed by atoms with van der Waals surface area (Å²) in [6.07, 6.45) is 1.53. The van der Waals surface area contributed by atoms with E-state index in [-0.39, 0.29) is 0 Å². The van der Waals surface area contributed by atoms with Crippen LogP contribution in [-0.2, 0) is 5.75 Å². The third-order valence-electron chi connectivity index (χ3n) is 2.41. The molecule has 1 aromatic carbocycles. The lowest BCUT2D eigenvalue weighted by Crippen LogP contribution is -1.88. The molecule has 0 spiro atoms. The second kappa shape index (κ2) is 5.16. The van der Waals surface area contributed by atoms with E-state index in [0.29, 0.717) is 5.92 Å². The van der Waals surface area contributed by atoms with E-state index in [0.717, 1.165) is 10.9 Å². The molecule has 16 heavy (non-hydrogen) atoms. The van der Waals surface area contributed by atoms with E-state index in [1.54, 1.807) is 11.8 Å². The van der Waals surface area contributed by atoms with E-state index in [9.17, 15) is 0 Å². The van der Waals surface area contributed by atoms with Crippen LogP contribution in [-0.4, -0.2) is 15.2 Å². The number of aromatic nitrogens is 3. The molecule has 1 heterocycles. The fourth-order valence-corrected chi connectivity index (χ4v) is 2.15. The van der Waals surface area contributed by atoms with Crippen molar-refractivity contribution in [2.45, 2.75) is 30.7 Å². The summed E-state index contributed by atoms with van der Waals surface area (Å²) < 4.78 is 0. The Bertz CT molecular complexity index is 420. The first-order valence-corrected chi connectivity index (χ1v) is 6.31. The molecule has 0 saturated carbocycles. The molecule has 0 aliphatic heterocycles. The van der Waals surface area contributed by atoms with Crippen molar-refractivity contribution >= 4 is 11.8 Å². The van der Waals surface area contributed by atoms with Crippen LogP contribution in [0.3, 0.4) is 0 Å². The minimum Gasteiger partial charge on any atom is -0.254 e. The molecule has 2 aromatic rings. The van der Waals surface area contributed by atoms with Gasteiger partial charge in [-0.05, 0) is 17.0 Å². The summed E-state index contributed by atoms with van der Waals surface area (Å²) >= 11 is 1.67. The molecular weight excluding hydrogens is 218 g/mol. The number of thioether (sulfide) groups is 1. The van der Waals surface area contributed by atoms with Crippen molar-refractivity contribution in [2.24, 2.45) is 0 Å². The van der Waals surface area contributed by atoms with Crippen LogP contribution >= 0.6 is 11.8 Å². The minimum atomic E-state index is 0.593. The lowest BCUT2D eigenvalue weighted by molar-refractivity contribution is 0.866. The number of aromatic amines is 1. The average Bonchev–Trinajstić information content (AvgIpc) is 2.80. The molecule has 0 radical (unpaired) electrons. The van der Waals surface area contributed by atoms with Gasteiger partial charge >= 0.3 is 0 Å². The predicted octanol–water partition coefficient (Wildman–Crippen LogP) is 3.22. The first kappa shape index (κ1) is 11.2. The van der Waals surface area contributed by atoms with Crippen LogP contribution in [0.4, 0.5) is 0 Å². The number of hydrogen-bond donors (Lipinski definition) is 1. The van der Waals surface area contributed by atoms with Crippen molar-refractivity contribution in [3.05, 3.63) is 41.7 Å². The Morgan fingerprint density at radius 3 is 2.56 bits per heavy atom. The van der Waals surface area contributed by atoms with Gasteiger partial charge < -0.3 is 0 Å². The summed E-state index contributed by atoms with van der Waals surface area (Å²) in [5.41, 5.74) is 2.69. The molecule has 4 heteroatoms. The maximum absolute atomic E-state index is 4.07. The predicted molar refractivity (Wildman–Crippen MR) is 66.5 cm³/mol. The van der Waals surface area contributed by atoms with Gasteiger partial charge in [-0.3, -0.25) is 5.10 Å². The van der Waals surface area contributed by atoms with E-state index in [1.165, 1.54) is 17.5 Å². The van der Waals surface area contributed by atoms with Gasteiger partial charge in [0.05, 0.1) is 0 Å². The van der Waals surface area contributed by atoms with Gasteiger partial charge in [-0.15, -0.1) is 0 Å². The lowest BCUT2D eigenvalue weighted by Gasteiger charge is -2.06. The van der Waals surface area contributed by atoms with Crippen molar-refractivity contribution < 1.29 is 0 Å². The molecule has 0 bridgehead atoms. The number of hydrogen-bond acceptors (Lipinski definition) is 3. The summed E-state index contributed by atoms with van der Waals surface area (Å²) in [6.45, 7) is 4.41. The Hall–Kier alpha value is -1.29. The molecule has 0 fully saturated rings. The number of benzene rings is 1. The van der Waals surface area contributed by atoms with Crippen molar-refractivity contribution in [3.63, 3.8) is 0 Å². The van der Waals surface area contributed by atoms with Crippen LogP contribution < -0.4 is 0 Å². The molecule has 0 aliphatic rings. The maximum Gasteiger partial charge on any atom is 0.183 e. The van der Waals surface area contributed by atoms with Crippen LogP contribution in [0.25, 0.3) is 0 Å². The Labute approximate surface area is 99.7 Å². The molecule has 2 rings (SSSR count). The summed E-state index contributed by atoms with van der Waals surface area (Å²) in [4.78, 5) is 4.07. The third kappa shape index (κ3) is 2.85. The first-order chi connectivity index (χ1) is 7.75. The van der Waals surface area contributed by atoms with Crippen molar-refractivity contribution in [1.82, 2.24) is 15.2 Å². The van der Waals surface area contributed by atoms with Crippen LogP contribution in [0.1, 0.15) is 30.9 Å². The quantitative estimate of drug-likeness (QED) is 0.824. The van der Waals surface area contributed by atoms with Gasteiger partial charge in [0.1, 0.15) is 6.33 Å². The van der Waals surface area contributed by atoms with E-state index in [1.807, 2.05) is 0 Å². The Morgan fingerprint density at radius 1 is 1.25 bits per heavy atom. The van der Waals surface area contributed by atoms with E-state index >= 15 is 0 Å². The topological polar surface area (TPSA) is 41.6 Å². The molecule has 0 saturated heterocycles. The highest BCUT2D eigenvalue weighted by Crippen LogP contribution is 2.20. The van der Waals surface area contributed by atoms with Crippen LogP contribution in [0.5, 0.6) is 0 Å².